The summed E-state index contributed by atoms with van der Waals surface area (Å²) < 4.78 is 11.8. The number of carbonyl (C=O) groups is 1. The molecule has 0 radical (unpaired) electrons. The normalized spacial score (nSPS) is 12.8. The molecule has 0 saturated heterocycles. The van der Waals surface area contributed by atoms with Gasteiger partial charge in [0.05, 0.1) is 19.0 Å². The largest absolute Gasteiger partial charge is 0.498 e. The summed E-state index contributed by atoms with van der Waals surface area (Å²) in [6.07, 6.45) is 46.9. The van der Waals surface area contributed by atoms with Crippen molar-refractivity contribution >= 4 is 5.97 Å². The van der Waals surface area contributed by atoms with Crippen molar-refractivity contribution in [2.45, 2.75) is 240 Å². The second-order valence-corrected chi connectivity index (χ2v) is 15.3. The van der Waals surface area contributed by atoms with Gasteiger partial charge in [-0.05, 0) is 44.4 Å². The third kappa shape index (κ3) is 36.3. The van der Waals surface area contributed by atoms with Crippen molar-refractivity contribution < 1.29 is 14.3 Å². The van der Waals surface area contributed by atoms with Gasteiger partial charge < -0.3 is 9.47 Å². The molecular weight excluding hydrogens is 601 g/mol. The van der Waals surface area contributed by atoms with Crippen molar-refractivity contribution in [2.75, 3.05) is 13.2 Å². The summed E-state index contributed by atoms with van der Waals surface area (Å²) in [5.41, 5.74) is 0. The minimum absolute atomic E-state index is 0.00318. The van der Waals surface area contributed by atoms with Crippen molar-refractivity contribution in [3.63, 3.8) is 0 Å². The lowest BCUT2D eigenvalue weighted by molar-refractivity contribution is -0.145. The Morgan fingerprint density at radius 2 is 0.980 bits per heavy atom. The lowest BCUT2D eigenvalue weighted by Crippen LogP contribution is -2.13. The standard InChI is InChI=1S/C46H88O3/c1-6-10-13-15-17-18-19-20-21-22-23-24-26-28-32-36-43(5)48-42-45(38-33-29-25-16-14-11-7-2)39-34-30-27-31-35-40-46(47)49-41-44(9-4)37-12-8-3/h33,38,44-45H,5-32,34-37,39-42H2,1-4H3/b38-33+. The number of hydrogen-bond donors (Lipinski definition) is 0. The second kappa shape index (κ2) is 39.5. The molecule has 0 N–H and O–H groups in total. The quantitative estimate of drug-likeness (QED) is 0.0278. The Balaban J connectivity index is 4.10. The number of esters is 1. The fourth-order valence-electron chi connectivity index (χ4n) is 6.77. The van der Waals surface area contributed by atoms with E-state index in [0.29, 0.717) is 24.9 Å². The highest BCUT2D eigenvalue weighted by Gasteiger charge is 2.11. The average molecular weight is 689 g/mol. The number of rotatable bonds is 40. The first-order valence-electron chi connectivity index (χ1n) is 22.2. The van der Waals surface area contributed by atoms with Gasteiger partial charge in [0.15, 0.2) is 0 Å². The van der Waals surface area contributed by atoms with Gasteiger partial charge in [0.25, 0.3) is 0 Å². The van der Waals surface area contributed by atoms with Gasteiger partial charge in [-0.2, -0.15) is 0 Å². The zero-order valence-electron chi connectivity index (χ0n) is 34.0. The van der Waals surface area contributed by atoms with Crippen LogP contribution in [0.5, 0.6) is 0 Å². The molecular formula is C46H88O3. The molecule has 49 heavy (non-hydrogen) atoms. The van der Waals surface area contributed by atoms with E-state index in [0.717, 1.165) is 38.0 Å². The zero-order chi connectivity index (χ0) is 35.9. The van der Waals surface area contributed by atoms with E-state index in [1.165, 1.54) is 180 Å². The minimum Gasteiger partial charge on any atom is -0.498 e. The molecule has 0 aliphatic rings. The average Bonchev–Trinajstić information content (AvgIpc) is 3.11. The smallest absolute Gasteiger partial charge is 0.305 e. The summed E-state index contributed by atoms with van der Waals surface area (Å²) in [4.78, 5) is 12.2. The first-order valence-corrected chi connectivity index (χ1v) is 22.2. The van der Waals surface area contributed by atoms with Crippen LogP contribution in [-0.2, 0) is 14.3 Å². The molecule has 0 heterocycles. The van der Waals surface area contributed by atoms with E-state index >= 15 is 0 Å². The Kier molecular flexibility index (Phi) is 38.5. The highest BCUT2D eigenvalue weighted by atomic mass is 16.5. The topological polar surface area (TPSA) is 35.5 Å². The predicted molar refractivity (Wildman–Crippen MR) is 217 cm³/mol. The van der Waals surface area contributed by atoms with E-state index in [1.807, 2.05) is 0 Å². The highest BCUT2D eigenvalue weighted by Crippen LogP contribution is 2.20. The molecule has 2 unspecified atom stereocenters. The minimum atomic E-state index is -0.00318. The molecule has 3 nitrogen and oxygen atoms in total. The maximum Gasteiger partial charge on any atom is 0.305 e. The van der Waals surface area contributed by atoms with Crippen molar-refractivity contribution in [1.29, 1.82) is 0 Å². The monoisotopic (exact) mass is 689 g/mol. The molecule has 0 rings (SSSR count). The van der Waals surface area contributed by atoms with Gasteiger partial charge in [-0.3, -0.25) is 4.79 Å². The lowest BCUT2D eigenvalue weighted by Gasteiger charge is -2.16. The predicted octanol–water partition coefficient (Wildman–Crippen LogP) is 15.8. The van der Waals surface area contributed by atoms with Crippen molar-refractivity contribution in [2.24, 2.45) is 11.8 Å². The van der Waals surface area contributed by atoms with Crippen molar-refractivity contribution in [1.82, 2.24) is 0 Å². The first-order chi connectivity index (χ1) is 24.1. The summed E-state index contributed by atoms with van der Waals surface area (Å²) >= 11 is 0. The number of carbonyl (C=O) groups excluding carboxylic acids is 1. The van der Waals surface area contributed by atoms with Crippen LogP contribution in [-0.4, -0.2) is 19.2 Å². The van der Waals surface area contributed by atoms with Gasteiger partial charge in [0.1, 0.15) is 0 Å². The first kappa shape index (κ1) is 47.8. The van der Waals surface area contributed by atoms with Crippen LogP contribution < -0.4 is 0 Å². The molecule has 2 atom stereocenters. The van der Waals surface area contributed by atoms with Crippen LogP contribution in [0.3, 0.4) is 0 Å². The molecule has 0 aliphatic carbocycles. The molecule has 0 aromatic carbocycles. The third-order valence-corrected chi connectivity index (χ3v) is 10.4. The van der Waals surface area contributed by atoms with E-state index in [-0.39, 0.29) is 5.97 Å². The Morgan fingerprint density at radius 1 is 0.510 bits per heavy atom. The van der Waals surface area contributed by atoms with Crippen molar-refractivity contribution in [3.05, 3.63) is 24.5 Å². The third-order valence-electron chi connectivity index (χ3n) is 10.4. The van der Waals surface area contributed by atoms with Gasteiger partial charge in [-0.1, -0.05) is 207 Å². The Hall–Kier alpha value is -1.25. The molecule has 0 bridgehead atoms. The van der Waals surface area contributed by atoms with E-state index in [2.05, 4.69) is 46.4 Å². The van der Waals surface area contributed by atoms with Crippen LogP contribution >= 0.6 is 0 Å². The summed E-state index contributed by atoms with van der Waals surface area (Å²) in [6, 6.07) is 0. The van der Waals surface area contributed by atoms with Gasteiger partial charge in [-0.15, -0.1) is 0 Å². The lowest BCUT2D eigenvalue weighted by atomic mass is 9.99. The molecule has 0 aliphatic heterocycles. The van der Waals surface area contributed by atoms with E-state index in [9.17, 15) is 4.79 Å². The molecule has 0 aromatic heterocycles. The molecule has 290 valence electrons. The number of unbranched alkanes of at least 4 members (excludes halogenated alkanes) is 24. The highest BCUT2D eigenvalue weighted by molar-refractivity contribution is 5.69. The van der Waals surface area contributed by atoms with E-state index < -0.39 is 0 Å². The summed E-state index contributed by atoms with van der Waals surface area (Å²) in [7, 11) is 0. The molecule has 0 spiro atoms. The van der Waals surface area contributed by atoms with Crippen LogP contribution in [0.4, 0.5) is 0 Å². The van der Waals surface area contributed by atoms with Crippen LogP contribution in [0.25, 0.3) is 0 Å². The zero-order valence-corrected chi connectivity index (χ0v) is 34.0. The van der Waals surface area contributed by atoms with Crippen LogP contribution in [0.1, 0.15) is 240 Å². The van der Waals surface area contributed by atoms with E-state index in [4.69, 9.17) is 9.47 Å². The Labute approximate surface area is 308 Å². The summed E-state index contributed by atoms with van der Waals surface area (Å²) in [5, 5.41) is 0. The molecule has 0 amide bonds. The summed E-state index contributed by atoms with van der Waals surface area (Å²) in [5.74, 6) is 1.98. The Morgan fingerprint density at radius 3 is 1.51 bits per heavy atom. The van der Waals surface area contributed by atoms with Crippen molar-refractivity contribution in [3.8, 4) is 0 Å². The summed E-state index contributed by atoms with van der Waals surface area (Å²) in [6.45, 7) is 14.7. The molecule has 3 heteroatoms. The fourth-order valence-corrected chi connectivity index (χ4v) is 6.77. The maximum atomic E-state index is 12.2. The van der Waals surface area contributed by atoms with Gasteiger partial charge in [-0.25, -0.2) is 0 Å². The van der Waals surface area contributed by atoms with Gasteiger partial charge in [0.2, 0.25) is 0 Å². The van der Waals surface area contributed by atoms with E-state index in [1.54, 1.807) is 0 Å². The Bertz CT molecular complexity index is 713. The van der Waals surface area contributed by atoms with Crippen LogP contribution in [0.15, 0.2) is 24.5 Å². The maximum absolute atomic E-state index is 12.2. The van der Waals surface area contributed by atoms with Crippen LogP contribution in [0.2, 0.25) is 0 Å². The van der Waals surface area contributed by atoms with Crippen LogP contribution in [0, 0.1) is 11.8 Å². The second-order valence-electron chi connectivity index (χ2n) is 15.3. The van der Waals surface area contributed by atoms with Gasteiger partial charge in [0, 0.05) is 18.8 Å². The molecule has 0 fully saturated rings. The fraction of sp³-hybridized carbons (Fsp3) is 0.891. The SMILES string of the molecule is C=C(CCCCCCCCCCCCCCCCC)OCC(/C=C/CCCCCCC)CCCCCCCC(=O)OCC(CC)CCCC. The number of ether oxygens (including phenoxy) is 2. The number of hydrogen-bond acceptors (Lipinski definition) is 3. The molecule has 0 saturated carbocycles. The number of allylic oxidation sites excluding steroid dienone is 2. The molecule has 0 aromatic rings. The van der Waals surface area contributed by atoms with Gasteiger partial charge >= 0.3 is 5.97 Å².